The van der Waals surface area contributed by atoms with Crippen LogP contribution in [-0.2, 0) is 13.0 Å². The number of benzene rings is 4. The monoisotopic (exact) mass is 494 g/mol. The number of anilines is 1. The van der Waals surface area contributed by atoms with Gasteiger partial charge in [-0.25, -0.2) is 0 Å². The third-order valence-corrected chi connectivity index (χ3v) is 7.25. The lowest BCUT2D eigenvalue weighted by Crippen LogP contribution is -2.31. The van der Waals surface area contributed by atoms with Crippen LogP contribution in [0.3, 0.4) is 0 Å². The molecule has 180 valence electrons. The molecule has 5 nitrogen and oxygen atoms in total. The van der Waals surface area contributed by atoms with Gasteiger partial charge >= 0.3 is 0 Å². The molecule has 5 rings (SSSR count). The van der Waals surface area contributed by atoms with Crippen LogP contribution in [0.1, 0.15) is 31.8 Å². The lowest BCUT2D eigenvalue weighted by Gasteiger charge is -2.24. The average Bonchev–Trinajstić information content (AvgIpc) is 3.03. The maximum Gasteiger partial charge on any atom is 0.259 e. The first-order chi connectivity index (χ1) is 17.6. The van der Waals surface area contributed by atoms with Gasteiger partial charge in [-0.05, 0) is 60.0 Å². The van der Waals surface area contributed by atoms with Crippen LogP contribution in [-0.4, -0.2) is 25.5 Å². The van der Waals surface area contributed by atoms with Gasteiger partial charge in [0, 0.05) is 21.9 Å². The van der Waals surface area contributed by atoms with Crippen molar-refractivity contribution in [2.24, 2.45) is 0 Å². The first kappa shape index (κ1) is 23.7. The van der Waals surface area contributed by atoms with E-state index >= 15 is 0 Å². The largest absolute Gasteiger partial charge is 0.497 e. The van der Waals surface area contributed by atoms with E-state index in [9.17, 15) is 9.59 Å². The fourth-order valence-corrected chi connectivity index (χ4v) is 5.30. The number of hydrogen-bond donors (Lipinski definition) is 1. The molecule has 0 atom stereocenters. The smallest absolute Gasteiger partial charge is 0.259 e. The third kappa shape index (κ3) is 5.14. The summed E-state index contributed by atoms with van der Waals surface area (Å²) in [5, 5.41) is 3.01. The highest BCUT2D eigenvalue weighted by Gasteiger charge is 2.28. The molecule has 1 aliphatic heterocycles. The van der Waals surface area contributed by atoms with Gasteiger partial charge in [0.05, 0.1) is 24.9 Å². The zero-order valence-electron chi connectivity index (χ0n) is 19.9. The fraction of sp³-hybridized carbons (Fsp3) is 0.133. The van der Waals surface area contributed by atoms with Crippen molar-refractivity contribution in [3.8, 4) is 5.75 Å². The minimum atomic E-state index is -0.158. The highest BCUT2D eigenvalue weighted by atomic mass is 32.2. The normalized spacial score (nSPS) is 12.4. The number of carbonyl (C=O) groups is 2. The van der Waals surface area contributed by atoms with Gasteiger partial charge in [0.1, 0.15) is 5.75 Å². The average molecular weight is 495 g/mol. The molecule has 1 heterocycles. The number of carbonyl (C=O) groups excluding carboxylic acids is 2. The summed E-state index contributed by atoms with van der Waals surface area (Å²) in [4.78, 5) is 30.3. The first-order valence-corrected chi connectivity index (χ1v) is 12.6. The van der Waals surface area contributed by atoms with E-state index in [1.54, 1.807) is 23.8 Å². The Labute approximate surface area is 215 Å². The zero-order valence-corrected chi connectivity index (χ0v) is 20.8. The maximum absolute atomic E-state index is 13.7. The molecule has 0 radical (unpaired) electrons. The molecule has 0 saturated heterocycles. The Morgan fingerprint density at radius 1 is 0.861 bits per heavy atom. The molecule has 0 aromatic heterocycles. The van der Waals surface area contributed by atoms with Gasteiger partial charge in [-0.3, -0.25) is 9.59 Å². The maximum atomic E-state index is 13.7. The van der Waals surface area contributed by atoms with E-state index in [2.05, 4.69) is 5.32 Å². The van der Waals surface area contributed by atoms with Gasteiger partial charge in [0.25, 0.3) is 11.8 Å². The van der Waals surface area contributed by atoms with Crippen LogP contribution in [0.2, 0.25) is 0 Å². The lowest BCUT2D eigenvalue weighted by molar-refractivity contribution is 0.0950. The quantitative estimate of drug-likeness (QED) is 0.343. The van der Waals surface area contributed by atoms with Crippen LogP contribution in [0.15, 0.2) is 107 Å². The van der Waals surface area contributed by atoms with Crippen LogP contribution >= 0.6 is 11.8 Å². The Kier molecular flexibility index (Phi) is 7.05. The third-order valence-electron chi connectivity index (χ3n) is 6.11. The van der Waals surface area contributed by atoms with Crippen LogP contribution in [0.4, 0.5) is 5.69 Å². The zero-order chi connectivity index (χ0) is 24.9. The molecule has 0 unspecified atom stereocenters. The molecule has 1 N–H and O–H groups in total. The number of methoxy groups -OCH3 is 1. The van der Waals surface area contributed by atoms with Crippen molar-refractivity contribution in [3.63, 3.8) is 0 Å². The van der Waals surface area contributed by atoms with Gasteiger partial charge in [0.15, 0.2) is 0 Å². The highest BCUT2D eigenvalue weighted by Crippen LogP contribution is 2.42. The summed E-state index contributed by atoms with van der Waals surface area (Å²) in [6.07, 6.45) is 0.753. The molecule has 0 saturated carbocycles. The van der Waals surface area contributed by atoms with E-state index in [-0.39, 0.29) is 11.8 Å². The van der Waals surface area contributed by atoms with Gasteiger partial charge in [-0.15, -0.1) is 0 Å². The summed E-state index contributed by atoms with van der Waals surface area (Å²) in [7, 11) is 1.63. The topological polar surface area (TPSA) is 58.6 Å². The summed E-state index contributed by atoms with van der Waals surface area (Å²) in [5.41, 5.74) is 4.01. The van der Waals surface area contributed by atoms with Crippen molar-refractivity contribution < 1.29 is 14.3 Å². The first-order valence-electron chi connectivity index (χ1n) is 11.8. The molecule has 36 heavy (non-hydrogen) atoms. The van der Waals surface area contributed by atoms with Crippen molar-refractivity contribution in [3.05, 3.63) is 119 Å². The summed E-state index contributed by atoms with van der Waals surface area (Å²) in [6, 6.07) is 31.0. The number of hydrogen-bond acceptors (Lipinski definition) is 4. The molecule has 0 aliphatic carbocycles. The minimum Gasteiger partial charge on any atom is -0.497 e. The molecule has 1 aliphatic rings. The fourth-order valence-electron chi connectivity index (χ4n) is 4.24. The molecular weight excluding hydrogens is 468 g/mol. The lowest BCUT2D eigenvalue weighted by atomic mass is 10.1. The predicted octanol–water partition coefficient (Wildman–Crippen LogP) is 5.98. The Bertz CT molecular complexity index is 1400. The van der Waals surface area contributed by atoms with Crippen molar-refractivity contribution in [1.82, 2.24) is 5.32 Å². The van der Waals surface area contributed by atoms with E-state index in [1.165, 1.54) is 5.56 Å². The summed E-state index contributed by atoms with van der Waals surface area (Å²) in [5.74, 6) is 0.479. The molecular formula is C30H26N2O3S. The molecule has 0 spiro atoms. The second-order valence-corrected chi connectivity index (χ2v) is 9.60. The molecule has 4 aromatic carbocycles. The van der Waals surface area contributed by atoms with Crippen molar-refractivity contribution in [2.75, 3.05) is 18.6 Å². The van der Waals surface area contributed by atoms with Crippen LogP contribution in [0.25, 0.3) is 0 Å². The standard InChI is InChI=1S/C30H26N2O3S/c1-35-24-11-7-10-22(18-24)20-32-26-19-23(29(33)31-17-16-21-8-3-2-4-9-21)14-15-28(26)36-27-13-6-5-12-25(27)30(32)34/h2-15,18-19H,16-17,20H2,1H3,(H,31,33). The molecule has 4 aromatic rings. The van der Waals surface area contributed by atoms with Crippen LogP contribution in [0, 0.1) is 0 Å². The number of amides is 2. The van der Waals surface area contributed by atoms with E-state index in [0.717, 1.165) is 33.2 Å². The Balaban J connectivity index is 1.45. The number of nitrogens with one attached hydrogen (secondary N) is 1. The minimum absolute atomic E-state index is 0.0960. The van der Waals surface area contributed by atoms with Crippen molar-refractivity contribution in [1.29, 1.82) is 0 Å². The molecule has 0 fully saturated rings. The summed E-state index contributed by atoms with van der Waals surface area (Å²) >= 11 is 1.55. The van der Waals surface area contributed by atoms with E-state index in [0.29, 0.717) is 24.2 Å². The Morgan fingerprint density at radius 3 is 2.47 bits per heavy atom. The molecule has 6 heteroatoms. The van der Waals surface area contributed by atoms with Crippen molar-refractivity contribution >= 4 is 29.3 Å². The van der Waals surface area contributed by atoms with Crippen LogP contribution < -0.4 is 15.0 Å². The van der Waals surface area contributed by atoms with Gasteiger partial charge in [-0.1, -0.05) is 66.4 Å². The van der Waals surface area contributed by atoms with Gasteiger partial charge in [-0.2, -0.15) is 0 Å². The highest BCUT2D eigenvalue weighted by molar-refractivity contribution is 7.99. The molecule has 2 amide bonds. The second kappa shape index (κ2) is 10.7. The van der Waals surface area contributed by atoms with Gasteiger partial charge in [0.2, 0.25) is 0 Å². The Hall–Kier alpha value is -4.03. The van der Waals surface area contributed by atoms with Gasteiger partial charge < -0.3 is 15.0 Å². The number of nitrogens with zero attached hydrogens (tertiary/aromatic N) is 1. The predicted molar refractivity (Wildman–Crippen MR) is 143 cm³/mol. The molecule has 0 bridgehead atoms. The number of rotatable bonds is 7. The van der Waals surface area contributed by atoms with Crippen LogP contribution in [0.5, 0.6) is 5.75 Å². The summed E-state index contributed by atoms with van der Waals surface area (Å²) in [6.45, 7) is 0.892. The summed E-state index contributed by atoms with van der Waals surface area (Å²) < 4.78 is 5.38. The number of ether oxygens (including phenoxy) is 1. The van der Waals surface area contributed by atoms with E-state index in [1.807, 2.05) is 97.1 Å². The SMILES string of the molecule is COc1cccc(CN2C(=O)c3ccccc3Sc3ccc(C(=O)NCCc4ccccc4)cc32)c1. The van der Waals surface area contributed by atoms with Crippen molar-refractivity contribution in [2.45, 2.75) is 22.8 Å². The van der Waals surface area contributed by atoms with E-state index in [4.69, 9.17) is 4.74 Å². The second-order valence-electron chi connectivity index (χ2n) is 8.52. The number of fused-ring (bicyclic) bond motifs is 2. The van der Waals surface area contributed by atoms with E-state index < -0.39 is 0 Å². The Morgan fingerprint density at radius 2 is 1.64 bits per heavy atom.